The average molecular weight is 517 g/mol. The van der Waals surface area contributed by atoms with Crippen LogP contribution in [0.4, 0.5) is 0 Å². The number of rotatable bonds is 18. The van der Waals surface area contributed by atoms with Gasteiger partial charge in [-0.15, -0.1) is 0 Å². The first-order valence-electron chi connectivity index (χ1n) is 14.1. The van der Waals surface area contributed by atoms with Crippen LogP contribution < -0.4 is 14.2 Å². The van der Waals surface area contributed by atoms with Crippen LogP contribution in [0.25, 0.3) is 10.8 Å². The zero-order chi connectivity index (χ0) is 27.2. The molecule has 2 atom stereocenters. The lowest BCUT2D eigenvalue weighted by molar-refractivity contribution is -0.134. The van der Waals surface area contributed by atoms with Gasteiger partial charge in [0, 0.05) is 38.9 Å². The summed E-state index contributed by atoms with van der Waals surface area (Å²) >= 11 is 0. The molecule has 2 aromatic carbocycles. The molecule has 0 radical (unpaired) electrons. The Labute approximate surface area is 224 Å². The molecule has 0 N–H and O–H groups in total. The van der Waals surface area contributed by atoms with Crippen LogP contribution in [0.2, 0.25) is 0 Å². The van der Waals surface area contributed by atoms with Crippen LogP contribution in [0.5, 0.6) is 17.2 Å². The van der Waals surface area contributed by atoms with E-state index in [1.165, 1.54) is 12.8 Å². The molecule has 0 heterocycles. The van der Waals surface area contributed by atoms with Gasteiger partial charge in [-0.25, -0.2) is 0 Å². The van der Waals surface area contributed by atoms with E-state index in [1.807, 2.05) is 12.1 Å². The van der Waals surface area contributed by atoms with Gasteiger partial charge in [0.2, 0.25) is 5.75 Å². The molecule has 6 nitrogen and oxygen atoms in total. The van der Waals surface area contributed by atoms with Gasteiger partial charge in [0.1, 0.15) is 0 Å². The lowest BCUT2D eigenvalue weighted by atomic mass is 9.98. The van der Waals surface area contributed by atoms with Crippen molar-refractivity contribution in [1.29, 1.82) is 0 Å². The molecule has 0 unspecified atom stereocenters. The SMILES string of the molecule is CCCCCCCC(=O)Oc1c(O[C@@H](CCC)OC)c(O[C@@H](CCC)OC)cc2ccc(C(C)C)cc12. The molecule has 0 amide bonds. The van der Waals surface area contributed by atoms with Crippen molar-refractivity contribution in [3.05, 3.63) is 29.8 Å². The Bertz CT molecular complexity index is 954. The van der Waals surface area contributed by atoms with E-state index < -0.39 is 12.6 Å². The van der Waals surface area contributed by atoms with E-state index in [2.05, 4.69) is 46.8 Å². The first-order valence-corrected chi connectivity index (χ1v) is 14.1. The number of fused-ring (bicyclic) bond motifs is 1. The van der Waals surface area contributed by atoms with Gasteiger partial charge in [0.25, 0.3) is 0 Å². The van der Waals surface area contributed by atoms with Crippen LogP contribution in [0, 0.1) is 0 Å². The third-order valence-electron chi connectivity index (χ3n) is 6.49. The van der Waals surface area contributed by atoms with Gasteiger partial charge in [0.05, 0.1) is 0 Å². The van der Waals surface area contributed by atoms with Gasteiger partial charge < -0.3 is 23.7 Å². The topological polar surface area (TPSA) is 63.2 Å². The number of methoxy groups -OCH3 is 2. The van der Waals surface area contributed by atoms with Crippen LogP contribution in [0.1, 0.15) is 110 Å². The molecule has 0 aliphatic heterocycles. The third kappa shape index (κ3) is 9.50. The van der Waals surface area contributed by atoms with E-state index in [4.69, 9.17) is 23.7 Å². The minimum absolute atomic E-state index is 0.268. The molecular formula is C31H48O6. The lowest BCUT2D eigenvalue weighted by Gasteiger charge is -2.25. The van der Waals surface area contributed by atoms with Crippen molar-refractivity contribution in [2.24, 2.45) is 0 Å². The second kappa shape index (κ2) is 16.5. The summed E-state index contributed by atoms with van der Waals surface area (Å²) < 4.78 is 30.0. The minimum Gasteiger partial charge on any atom is -0.461 e. The van der Waals surface area contributed by atoms with E-state index >= 15 is 0 Å². The molecule has 2 aromatic rings. The molecule has 0 bridgehead atoms. The molecular weight excluding hydrogens is 468 g/mol. The summed E-state index contributed by atoms with van der Waals surface area (Å²) in [6.45, 7) is 10.6. The van der Waals surface area contributed by atoms with Gasteiger partial charge in [-0.05, 0) is 35.4 Å². The summed E-state index contributed by atoms with van der Waals surface area (Å²) in [7, 11) is 3.25. The fraction of sp³-hybridized carbons (Fsp3) is 0.645. The zero-order valence-electron chi connectivity index (χ0n) is 24.1. The van der Waals surface area contributed by atoms with Crippen molar-refractivity contribution >= 4 is 16.7 Å². The third-order valence-corrected chi connectivity index (χ3v) is 6.49. The van der Waals surface area contributed by atoms with E-state index in [1.54, 1.807) is 14.2 Å². The predicted molar refractivity (Wildman–Crippen MR) is 150 cm³/mol. The smallest absolute Gasteiger partial charge is 0.311 e. The highest BCUT2D eigenvalue weighted by atomic mass is 16.7. The van der Waals surface area contributed by atoms with Gasteiger partial charge in [-0.2, -0.15) is 0 Å². The molecule has 0 saturated heterocycles. The maximum absolute atomic E-state index is 13.1. The van der Waals surface area contributed by atoms with Gasteiger partial charge >= 0.3 is 5.97 Å². The highest BCUT2D eigenvalue weighted by Crippen LogP contribution is 2.46. The Morgan fingerprint density at radius 1 is 0.784 bits per heavy atom. The van der Waals surface area contributed by atoms with Crippen molar-refractivity contribution in [2.45, 2.75) is 117 Å². The number of hydrogen-bond acceptors (Lipinski definition) is 6. The van der Waals surface area contributed by atoms with E-state index in [0.29, 0.717) is 36.0 Å². The highest BCUT2D eigenvalue weighted by Gasteiger charge is 2.25. The van der Waals surface area contributed by atoms with Crippen LogP contribution >= 0.6 is 0 Å². The maximum atomic E-state index is 13.1. The molecule has 0 fully saturated rings. The van der Waals surface area contributed by atoms with Crippen LogP contribution in [0.15, 0.2) is 24.3 Å². The van der Waals surface area contributed by atoms with Gasteiger partial charge in [0.15, 0.2) is 24.1 Å². The Kier molecular flexibility index (Phi) is 13.8. The standard InChI is InChI=1S/C31H48O6/c1-8-11-12-13-14-17-27(32)36-30-25-20-23(22(4)5)18-19-24(25)21-26(35-28(33-6)15-9-2)31(30)37-29(34-7)16-10-3/h18-22,28-29H,8-17H2,1-7H3/t28-,29-/m0/s1. The normalized spacial score (nSPS) is 13.1. The minimum atomic E-state index is -0.503. The second-order valence-electron chi connectivity index (χ2n) is 9.95. The van der Waals surface area contributed by atoms with Crippen molar-refractivity contribution in [1.82, 2.24) is 0 Å². The molecule has 37 heavy (non-hydrogen) atoms. The molecule has 0 aliphatic rings. The van der Waals surface area contributed by atoms with E-state index in [9.17, 15) is 4.79 Å². The van der Waals surface area contributed by atoms with E-state index in [0.717, 1.165) is 54.9 Å². The average Bonchev–Trinajstić information content (AvgIpc) is 2.89. The molecule has 0 saturated carbocycles. The number of benzene rings is 2. The van der Waals surface area contributed by atoms with Crippen molar-refractivity contribution < 1.29 is 28.5 Å². The van der Waals surface area contributed by atoms with E-state index in [-0.39, 0.29) is 5.97 Å². The fourth-order valence-corrected chi connectivity index (χ4v) is 4.23. The monoisotopic (exact) mass is 516 g/mol. The van der Waals surface area contributed by atoms with Crippen molar-refractivity contribution in [3.8, 4) is 17.2 Å². The second-order valence-corrected chi connectivity index (χ2v) is 9.95. The zero-order valence-corrected chi connectivity index (χ0v) is 24.1. The summed E-state index contributed by atoms with van der Waals surface area (Å²) in [5.74, 6) is 1.30. The molecule has 0 spiro atoms. The summed E-state index contributed by atoms with van der Waals surface area (Å²) in [5, 5.41) is 1.73. The Morgan fingerprint density at radius 2 is 1.43 bits per heavy atom. The predicted octanol–water partition coefficient (Wildman–Crippen LogP) is 8.53. The number of carbonyl (C=O) groups is 1. The highest BCUT2D eigenvalue weighted by molar-refractivity contribution is 5.95. The summed E-state index contributed by atoms with van der Waals surface area (Å²) in [6.07, 6.45) is 7.89. The van der Waals surface area contributed by atoms with Crippen LogP contribution in [0.3, 0.4) is 0 Å². The lowest BCUT2D eigenvalue weighted by Crippen LogP contribution is -2.22. The van der Waals surface area contributed by atoms with Crippen LogP contribution in [-0.4, -0.2) is 32.8 Å². The van der Waals surface area contributed by atoms with Crippen molar-refractivity contribution in [3.63, 3.8) is 0 Å². The Morgan fingerprint density at radius 3 is 2.03 bits per heavy atom. The number of unbranched alkanes of at least 4 members (excludes halogenated alkanes) is 4. The van der Waals surface area contributed by atoms with Crippen molar-refractivity contribution in [2.75, 3.05) is 14.2 Å². The fourth-order valence-electron chi connectivity index (χ4n) is 4.23. The molecule has 208 valence electrons. The first-order chi connectivity index (χ1) is 17.9. The van der Waals surface area contributed by atoms with Gasteiger partial charge in [-0.3, -0.25) is 4.79 Å². The number of ether oxygens (including phenoxy) is 5. The Hall–Kier alpha value is -2.31. The molecule has 0 aliphatic carbocycles. The molecule has 0 aromatic heterocycles. The number of carbonyl (C=O) groups excluding carboxylic acids is 1. The summed E-state index contributed by atoms with van der Waals surface area (Å²) in [4.78, 5) is 13.1. The molecule has 2 rings (SSSR count). The molecule has 6 heteroatoms. The maximum Gasteiger partial charge on any atom is 0.311 e. The first kappa shape index (κ1) is 30.9. The van der Waals surface area contributed by atoms with Crippen LogP contribution in [-0.2, 0) is 14.3 Å². The summed E-state index contributed by atoms with van der Waals surface area (Å²) in [5.41, 5.74) is 1.15. The largest absolute Gasteiger partial charge is 0.461 e. The Balaban J connectivity index is 2.59. The quantitative estimate of drug-likeness (QED) is 0.0856. The number of esters is 1. The van der Waals surface area contributed by atoms with Gasteiger partial charge in [-0.1, -0.05) is 85.3 Å². The summed E-state index contributed by atoms with van der Waals surface area (Å²) in [6, 6.07) is 8.18. The number of hydrogen-bond donors (Lipinski definition) is 0.